The third-order valence-corrected chi connectivity index (χ3v) is 2.35. The number of unbranched alkanes of at least 4 members (excludes halogenated alkanes) is 1. The van der Waals surface area contributed by atoms with Crippen molar-refractivity contribution < 1.29 is 17.9 Å². The molecule has 0 atom stereocenters. The highest BCUT2D eigenvalue weighted by molar-refractivity contribution is 5.24. The Hall–Kier alpha value is -1.03. The van der Waals surface area contributed by atoms with Gasteiger partial charge in [0, 0.05) is 13.7 Å². The number of ether oxygens (including phenoxy) is 1. The minimum absolute atomic E-state index is 0.590. The largest absolute Gasteiger partial charge is 0.416 e. The van der Waals surface area contributed by atoms with Crippen molar-refractivity contribution in [1.29, 1.82) is 0 Å². The third kappa shape index (κ3) is 9.84. The van der Waals surface area contributed by atoms with Crippen molar-refractivity contribution in [3.63, 3.8) is 0 Å². The molecule has 118 valence electrons. The molecule has 0 bridgehead atoms. The molecular formula is C16H27F3O. The first-order chi connectivity index (χ1) is 9.54. The Morgan fingerprint density at radius 2 is 1.40 bits per heavy atom. The fourth-order valence-electron chi connectivity index (χ4n) is 1.44. The summed E-state index contributed by atoms with van der Waals surface area (Å²) in [6.07, 6.45) is -1.59. The van der Waals surface area contributed by atoms with Gasteiger partial charge < -0.3 is 4.74 Å². The first kappa shape index (κ1) is 21.3. The second kappa shape index (κ2) is 13.0. The van der Waals surface area contributed by atoms with Gasteiger partial charge in [-0.1, -0.05) is 39.8 Å². The smallest absolute Gasteiger partial charge is 0.385 e. The van der Waals surface area contributed by atoms with E-state index >= 15 is 0 Å². The van der Waals surface area contributed by atoms with Crippen LogP contribution in [0.3, 0.4) is 0 Å². The van der Waals surface area contributed by atoms with Crippen LogP contribution in [0.5, 0.6) is 0 Å². The molecule has 1 nitrogen and oxygen atoms in total. The topological polar surface area (TPSA) is 9.23 Å². The molecule has 0 aliphatic heterocycles. The molecule has 0 radical (unpaired) electrons. The van der Waals surface area contributed by atoms with E-state index in [0.717, 1.165) is 37.0 Å². The molecule has 0 saturated carbocycles. The standard InChI is InChI=1S/C12H15F3O.2C2H6/c1-16-9-3-2-4-10-5-7-11(8-6-10)12(13,14)15;2*1-2/h5-8H,2-4,9H2,1H3;2*1-2H3. The summed E-state index contributed by atoms with van der Waals surface area (Å²) >= 11 is 0. The van der Waals surface area contributed by atoms with E-state index in [-0.39, 0.29) is 0 Å². The number of hydrogen-bond acceptors (Lipinski definition) is 1. The van der Waals surface area contributed by atoms with Crippen LogP contribution in [0.25, 0.3) is 0 Å². The van der Waals surface area contributed by atoms with Gasteiger partial charge in [0.15, 0.2) is 0 Å². The molecule has 0 unspecified atom stereocenters. The molecular weight excluding hydrogens is 265 g/mol. The van der Waals surface area contributed by atoms with Crippen LogP contribution in [-0.2, 0) is 17.3 Å². The zero-order chi connectivity index (χ0) is 16.0. The minimum atomic E-state index is -4.24. The molecule has 1 aromatic carbocycles. The molecule has 0 aliphatic carbocycles. The lowest BCUT2D eigenvalue weighted by Gasteiger charge is -2.07. The second-order valence-corrected chi connectivity index (χ2v) is 3.64. The van der Waals surface area contributed by atoms with Crippen molar-refractivity contribution >= 4 is 0 Å². The summed E-state index contributed by atoms with van der Waals surface area (Å²) in [5.41, 5.74) is 0.345. The van der Waals surface area contributed by atoms with Gasteiger partial charge in [0.2, 0.25) is 0 Å². The van der Waals surface area contributed by atoms with Crippen LogP contribution in [0.1, 0.15) is 51.7 Å². The predicted octanol–water partition coefficient (Wildman–Crippen LogP) is 5.73. The van der Waals surface area contributed by atoms with Gasteiger partial charge in [-0.25, -0.2) is 0 Å². The van der Waals surface area contributed by atoms with Crippen LogP contribution >= 0.6 is 0 Å². The molecule has 0 saturated heterocycles. The average molecular weight is 292 g/mol. The van der Waals surface area contributed by atoms with E-state index in [1.165, 1.54) is 12.1 Å². The number of benzene rings is 1. The fourth-order valence-corrected chi connectivity index (χ4v) is 1.44. The number of halogens is 3. The highest BCUT2D eigenvalue weighted by atomic mass is 19.4. The lowest BCUT2D eigenvalue weighted by atomic mass is 10.1. The van der Waals surface area contributed by atoms with Crippen LogP contribution in [0.2, 0.25) is 0 Å². The van der Waals surface area contributed by atoms with Gasteiger partial charge in [0.05, 0.1) is 5.56 Å². The fraction of sp³-hybridized carbons (Fsp3) is 0.625. The molecule has 0 N–H and O–H groups in total. The Balaban J connectivity index is 0. The monoisotopic (exact) mass is 292 g/mol. The lowest BCUT2D eigenvalue weighted by molar-refractivity contribution is -0.137. The average Bonchev–Trinajstić information content (AvgIpc) is 2.47. The molecule has 20 heavy (non-hydrogen) atoms. The van der Waals surface area contributed by atoms with Crippen molar-refractivity contribution in [3.05, 3.63) is 35.4 Å². The van der Waals surface area contributed by atoms with Crippen LogP contribution in [0.4, 0.5) is 13.2 Å². The molecule has 0 heterocycles. The van der Waals surface area contributed by atoms with E-state index in [9.17, 15) is 13.2 Å². The Morgan fingerprint density at radius 1 is 0.900 bits per heavy atom. The minimum Gasteiger partial charge on any atom is -0.385 e. The van der Waals surface area contributed by atoms with Crippen LogP contribution in [0.15, 0.2) is 24.3 Å². The van der Waals surface area contributed by atoms with Crippen LogP contribution < -0.4 is 0 Å². The summed E-state index contributed by atoms with van der Waals surface area (Å²) in [5.74, 6) is 0. The quantitative estimate of drug-likeness (QED) is 0.630. The summed E-state index contributed by atoms with van der Waals surface area (Å²) in [4.78, 5) is 0. The van der Waals surface area contributed by atoms with E-state index in [1.807, 2.05) is 27.7 Å². The van der Waals surface area contributed by atoms with E-state index in [1.54, 1.807) is 7.11 Å². The normalized spacial score (nSPS) is 10.0. The van der Waals surface area contributed by atoms with E-state index < -0.39 is 11.7 Å². The summed E-state index contributed by atoms with van der Waals surface area (Å²) in [7, 11) is 1.64. The summed E-state index contributed by atoms with van der Waals surface area (Å²) in [5, 5.41) is 0. The van der Waals surface area contributed by atoms with Gasteiger partial charge in [-0.15, -0.1) is 0 Å². The Kier molecular flexibility index (Phi) is 13.8. The number of methoxy groups -OCH3 is 1. The third-order valence-electron chi connectivity index (χ3n) is 2.35. The zero-order valence-electron chi connectivity index (χ0n) is 13.2. The highest BCUT2D eigenvalue weighted by Crippen LogP contribution is 2.29. The maximum Gasteiger partial charge on any atom is 0.416 e. The van der Waals surface area contributed by atoms with Gasteiger partial charge in [0.1, 0.15) is 0 Å². The molecule has 1 rings (SSSR count). The summed E-state index contributed by atoms with van der Waals surface area (Å²) in [6, 6.07) is 5.34. The van der Waals surface area contributed by atoms with Gasteiger partial charge in [-0.3, -0.25) is 0 Å². The molecule has 0 aromatic heterocycles. The van der Waals surface area contributed by atoms with Gasteiger partial charge in [-0.05, 0) is 37.0 Å². The van der Waals surface area contributed by atoms with E-state index in [0.29, 0.717) is 6.61 Å². The second-order valence-electron chi connectivity index (χ2n) is 3.64. The number of rotatable bonds is 5. The number of aryl methyl sites for hydroxylation is 1. The zero-order valence-corrected chi connectivity index (χ0v) is 13.2. The first-order valence-electron chi connectivity index (χ1n) is 7.19. The van der Waals surface area contributed by atoms with Crippen molar-refractivity contribution in [1.82, 2.24) is 0 Å². The van der Waals surface area contributed by atoms with Gasteiger partial charge >= 0.3 is 6.18 Å². The van der Waals surface area contributed by atoms with Crippen molar-refractivity contribution in [2.45, 2.75) is 53.1 Å². The van der Waals surface area contributed by atoms with E-state index in [4.69, 9.17) is 4.74 Å². The maximum absolute atomic E-state index is 12.3. The van der Waals surface area contributed by atoms with E-state index in [2.05, 4.69) is 0 Å². The predicted molar refractivity (Wildman–Crippen MR) is 79.0 cm³/mol. The Bertz CT molecular complexity index is 304. The summed E-state index contributed by atoms with van der Waals surface area (Å²) in [6.45, 7) is 8.70. The molecule has 0 aliphatic rings. The molecule has 0 amide bonds. The van der Waals surface area contributed by atoms with Crippen LogP contribution in [0, 0.1) is 0 Å². The SMILES string of the molecule is CC.CC.COCCCCc1ccc(C(F)(F)F)cc1. The molecule has 0 fully saturated rings. The highest BCUT2D eigenvalue weighted by Gasteiger charge is 2.29. The maximum atomic E-state index is 12.3. The number of alkyl halides is 3. The van der Waals surface area contributed by atoms with Crippen molar-refractivity contribution in [2.24, 2.45) is 0 Å². The van der Waals surface area contributed by atoms with Gasteiger partial charge in [0.25, 0.3) is 0 Å². The molecule has 0 spiro atoms. The Labute approximate surface area is 121 Å². The van der Waals surface area contributed by atoms with Gasteiger partial charge in [-0.2, -0.15) is 13.2 Å². The molecule has 4 heteroatoms. The van der Waals surface area contributed by atoms with Crippen LogP contribution in [-0.4, -0.2) is 13.7 Å². The molecule has 1 aromatic rings. The number of hydrogen-bond donors (Lipinski definition) is 0. The van der Waals surface area contributed by atoms with Crippen molar-refractivity contribution in [3.8, 4) is 0 Å². The van der Waals surface area contributed by atoms with Crippen molar-refractivity contribution in [2.75, 3.05) is 13.7 Å². The lowest BCUT2D eigenvalue weighted by Crippen LogP contribution is -2.04. The first-order valence-corrected chi connectivity index (χ1v) is 7.19. The Morgan fingerprint density at radius 3 is 1.80 bits per heavy atom. The summed E-state index contributed by atoms with van der Waals surface area (Å²) < 4.78 is 41.7.